The summed E-state index contributed by atoms with van der Waals surface area (Å²) in [7, 11) is 0. The topological polar surface area (TPSA) is 0 Å². The third kappa shape index (κ3) is 4.51. The summed E-state index contributed by atoms with van der Waals surface area (Å²) in [6, 6.07) is 0. The van der Waals surface area contributed by atoms with Gasteiger partial charge in [0.1, 0.15) is 0 Å². The van der Waals surface area contributed by atoms with E-state index in [1.807, 2.05) is 0 Å². The maximum atomic E-state index is 2.69. The fraction of sp³-hybridized carbons (Fsp3) is 0.889. The molecule has 0 aromatic carbocycles. The zero-order valence-electron chi connectivity index (χ0n) is 13.9. The summed E-state index contributed by atoms with van der Waals surface area (Å²) in [5.74, 6) is 0. The van der Waals surface area contributed by atoms with Crippen molar-refractivity contribution in [2.24, 2.45) is 5.41 Å². The van der Waals surface area contributed by atoms with Crippen LogP contribution in [0, 0.1) is 5.41 Å². The Kier molecular flexibility index (Phi) is 8.09. The van der Waals surface area contributed by atoms with Crippen molar-refractivity contribution >= 4 is 22.5 Å². The molecule has 0 aromatic rings. The molecule has 0 heterocycles. The van der Waals surface area contributed by atoms with Gasteiger partial charge in [-0.3, -0.25) is 0 Å². The maximum absolute atomic E-state index is 2.69. The molecule has 0 amide bonds. The first kappa shape index (κ1) is 17.6. The molecule has 1 aliphatic carbocycles. The average molecular weight is 371 g/mol. The van der Waals surface area contributed by atoms with Crippen LogP contribution in [-0.4, -0.2) is 22.5 Å². The van der Waals surface area contributed by atoms with E-state index in [1.54, 1.807) is 0 Å². The molecule has 0 saturated carbocycles. The predicted octanol–water partition coefficient (Wildman–Crippen LogP) is 5.42. The van der Waals surface area contributed by atoms with Crippen LogP contribution < -0.4 is 0 Å². The molecule has 0 aliphatic heterocycles. The summed E-state index contributed by atoms with van der Waals surface area (Å²) >= 11 is 0.728. The molecule has 1 atom stereocenters. The van der Waals surface area contributed by atoms with Crippen LogP contribution in [0.2, 0.25) is 3.43 Å². The van der Waals surface area contributed by atoms with Crippen LogP contribution in [0.4, 0.5) is 0 Å². The first-order valence-corrected chi connectivity index (χ1v) is 11.7. The Balaban J connectivity index is 2.90. The van der Waals surface area contributed by atoms with Gasteiger partial charge in [-0.15, -0.1) is 0 Å². The molecule has 0 aromatic heterocycles. The van der Waals surface area contributed by atoms with Gasteiger partial charge in [-0.1, -0.05) is 0 Å². The van der Waals surface area contributed by atoms with E-state index in [9.17, 15) is 0 Å². The van der Waals surface area contributed by atoms with Crippen molar-refractivity contribution in [1.82, 2.24) is 0 Å². The van der Waals surface area contributed by atoms with E-state index in [0.29, 0.717) is 8.85 Å². The fourth-order valence-corrected chi connectivity index (χ4v) is 7.86. The van der Waals surface area contributed by atoms with E-state index in [2.05, 4.69) is 32.9 Å². The molecule has 0 saturated heterocycles. The van der Waals surface area contributed by atoms with Crippen molar-refractivity contribution in [3.63, 3.8) is 0 Å². The van der Waals surface area contributed by atoms with E-state index >= 15 is 0 Å². The minimum absolute atomic E-state index is 0.674. The Bertz CT molecular complexity index is 261. The van der Waals surface area contributed by atoms with Crippen molar-refractivity contribution in [1.29, 1.82) is 0 Å². The molecule has 1 unspecified atom stereocenters. The van der Waals surface area contributed by atoms with Crippen molar-refractivity contribution < 1.29 is 0 Å². The van der Waals surface area contributed by atoms with Crippen molar-refractivity contribution in [3.05, 3.63) is 12.2 Å². The quantitative estimate of drug-likeness (QED) is 0.375. The van der Waals surface area contributed by atoms with Crippen LogP contribution in [0.15, 0.2) is 12.2 Å². The van der Waals surface area contributed by atoms with Crippen LogP contribution in [0.25, 0.3) is 0 Å². The van der Waals surface area contributed by atoms with E-state index in [0.717, 1.165) is 22.5 Å². The SMILES string of the molecule is CCCC[C]1([SnH3])C=CCCC1(CCCC)CCCC. The molecule has 1 rings (SSSR count). The first-order valence-electron chi connectivity index (χ1n) is 8.82. The Labute approximate surface area is 134 Å². The third-order valence-corrected chi connectivity index (χ3v) is 11.0. The third-order valence-electron chi connectivity index (χ3n) is 5.55. The summed E-state index contributed by atoms with van der Waals surface area (Å²) in [6.45, 7) is 7.07. The Morgan fingerprint density at radius 2 is 1.42 bits per heavy atom. The molecular formula is C18H36Sn. The molecule has 0 N–H and O–H groups in total. The normalized spacial score (nSPS) is 25.8. The van der Waals surface area contributed by atoms with Crippen LogP contribution in [0.3, 0.4) is 0 Å². The van der Waals surface area contributed by atoms with Gasteiger partial charge in [0.25, 0.3) is 0 Å². The zero-order chi connectivity index (χ0) is 14.2. The number of allylic oxidation sites excluding steroid dienone is 2. The standard InChI is InChI=1S/C18H33.Sn.3H/c1-4-7-12-17-13-10-11-16-18(17,14-8-5-2)15-9-6-3;;;;/h10,13H,4-9,11-12,14-16H2,1-3H3;;;;. The molecule has 112 valence electrons. The molecule has 1 aliphatic rings. The molecule has 0 fully saturated rings. The zero-order valence-corrected chi connectivity index (χ0v) is 19.6. The Morgan fingerprint density at radius 3 is 1.95 bits per heavy atom. The monoisotopic (exact) mass is 372 g/mol. The predicted molar refractivity (Wildman–Crippen MR) is 92.0 cm³/mol. The van der Waals surface area contributed by atoms with Gasteiger partial charge in [-0.25, -0.2) is 0 Å². The van der Waals surface area contributed by atoms with Gasteiger partial charge in [0.2, 0.25) is 0 Å². The number of hydrogen-bond donors (Lipinski definition) is 0. The summed E-state index contributed by atoms with van der Waals surface area (Å²) < 4.78 is 0.674. The van der Waals surface area contributed by atoms with Gasteiger partial charge in [0, 0.05) is 0 Å². The fourth-order valence-electron chi connectivity index (χ4n) is 4.03. The molecule has 0 bridgehead atoms. The van der Waals surface area contributed by atoms with Gasteiger partial charge in [-0.2, -0.15) is 0 Å². The molecule has 0 nitrogen and oxygen atoms in total. The Hall–Kier alpha value is 0.539. The van der Waals surface area contributed by atoms with Gasteiger partial charge < -0.3 is 0 Å². The number of rotatable bonds is 9. The van der Waals surface area contributed by atoms with E-state index in [-0.39, 0.29) is 0 Å². The van der Waals surface area contributed by atoms with Gasteiger partial charge in [0.05, 0.1) is 0 Å². The van der Waals surface area contributed by atoms with Crippen molar-refractivity contribution in [2.75, 3.05) is 0 Å². The number of unbranched alkanes of at least 4 members (excludes halogenated alkanes) is 3. The van der Waals surface area contributed by atoms with E-state index in [1.165, 1.54) is 70.6 Å². The summed E-state index contributed by atoms with van der Waals surface area (Å²) in [6.07, 6.45) is 21.0. The Morgan fingerprint density at radius 1 is 0.895 bits per heavy atom. The summed E-state index contributed by atoms with van der Waals surface area (Å²) in [5, 5.41) is 0. The van der Waals surface area contributed by atoms with Gasteiger partial charge in [-0.05, 0) is 0 Å². The van der Waals surface area contributed by atoms with Gasteiger partial charge in [0.15, 0.2) is 0 Å². The van der Waals surface area contributed by atoms with Gasteiger partial charge >= 0.3 is 135 Å². The molecule has 0 radical (unpaired) electrons. The van der Waals surface area contributed by atoms with Crippen molar-refractivity contribution in [3.8, 4) is 0 Å². The van der Waals surface area contributed by atoms with Crippen LogP contribution >= 0.6 is 0 Å². The second-order valence-electron chi connectivity index (χ2n) is 6.95. The summed E-state index contributed by atoms with van der Waals surface area (Å²) in [5.41, 5.74) is 0.693. The van der Waals surface area contributed by atoms with Crippen LogP contribution in [0.5, 0.6) is 0 Å². The number of hydrogen-bond acceptors (Lipinski definition) is 0. The minimum atomic E-state index is 0.674. The van der Waals surface area contributed by atoms with Crippen LogP contribution in [-0.2, 0) is 0 Å². The average Bonchev–Trinajstić information content (AvgIpc) is 2.43. The van der Waals surface area contributed by atoms with Crippen molar-refractivity contribution in [2.45, 2.75) is 94.8 Å². The molecule has 19 heavy (non-hydrogen) atoms. The van der Waals surface area contributed by atoms with Crippen LogP contribution in [0.1, 0.15) is 91.4 Å². The van der Waals surface area contributed by atoms with E-state index < -0.39 is 0 Å². The second kappa shape index (κ2) is 8.74. The molecule has 0 spiro atoms. The molecule has 1 heteroatoms. The molecular weight excluding hydrogens is 335 g/mol. The first-order chi connectivity index (χ1) is 9.14. The second-order valence-corrected chi connectivity index (χ2v) is 12.0. The van der Waals surface area contributed by atoms with E-state index in [4.69, 9.17) is 0 Å². The summed E-state index contributed by atoms with van der Waals surface area (Å²) in [4.78, 5) is 0.